The molecule has 1 aromatic carbocycles. The van der Waals surface area contributed by atoms with Gasteiger partial charge in [0.2, 0.25) is 0 Å². The van der Waals surface area contributed by atoms with Gasteiger partial charge in [0.1, 0.15) is 11.3 Å². The number of hydrogen-bond acceptors (Lipinski definition) is 5. The molecule has 5 heteroatoms. The number of ketones is 1. The largest absolute Gasteiger partial charge is 0.493 e. The summed E-state index contributed by atoms with van der Waals surface area (Å²) in [6, 6.07) is 8.59. The molecule has 0 saturated heterocycles. The minimum Gasteiger partial charge on any atom is -0.493 e. The Hall–Kier alpha value is -2.40. The second-order valence-corrected chi connectivity index (χ2v) is 9.42. The number of hydrogen-bond donors (Lipinski definition) is 1. The predicted octanol–water partition coefficient (Wildman–Crippen LogP) is 4.12. The van der Waals surface area contributed by atoms with Crippen molar-refractivity contribution < 1.29 is 19.1 Å². The molecular formula is C24H28O5. The van der Waals surface area contributed by atoms with Gasteiger partial charge >= 0.3 is 5.63 Å². The zero-order valence-corrected chi connectivity index (χ0v) is 17.4. The fraction of sp³-hybridized carbons (Fsp3) is 0.500. The number of carbonyl (C=O) groups is 1. The van der Waals surface area contributed by atoms with E-state index in [9.17, 15) is 14.7 Å². The van der Waals surface area contributed by atoms with Crippen LogP contribution in [0.25, 0.3) is 11.0 Å². The number of fused-ring (bicyclic) bond motifs is 2. The van der Waals surface area contributed by atoms with Gasteiger partial charge in [-0.1, -0.05) is 26.3 Å². The Morgan fingerprint density at radius 3 is 2.66 bits per heavy atom. The highest BCUT2D eigenvalue weighted by Crippen LogP contribution is 2.58. The third-order valence-corrected chi connectivity index (χ3v) is 7.23. The van der Waals surface area contributed by atoms with Crippen molar-refractivity contribution in [1.29, 1.82) is 0 Å². The standard InChI is InChI=1S/C24H28O5/c1-14-11-18(25)22-23(2,3)20(26)9-10-24(22,4)17(14)13-28-16-7-5-15-6-8-21(27)29-19(15)12-16/h5-8,11-12,17,20,22,26H,9-10,13H2,1-4H3/t17-,20+,22-,24+/m1/s1. The smallest absolute Gasteiger partial charge is 0.336 e. The Kier molecular flexibility index (Phi) is 4.69. The molecule has 0 spiro atoms. The zero-order chi connectivity index (χ0) is 21.0. The highest BCUT2D eigenvalue weighted by atomic mass is 16.5. The van der Waals surface area contributed by atoms with Gasteiger partial charge in [0.25, 0.3) is 0 Å². The molecule has 1 saturated carbocycles. The Balaban J connectivity index is 1.63. The number of carbonyl (C=O) groups excluding carboxylic acids is 1. The van der Waals surface area contributed by atoms with Crippen LogP contribution in [0.2, 0.25) is 0 Å². The topological polar surface area (TPSA) is 76.7 Å². The van der Waals surface area contributed by atoms with E-state index >= 15 is 0 Å². The molecule has 1 aromatic heterocycles. The molecule has 4 atom stereocenters. The van der Waals surface area contributed by atoms with Crippen LogP contribution >= 0.6 is 0 Å². The second kappa shape index (κ2) is 6.84. The summed E-state index contributed by atoms with van der Waals surface area (Å²) in [5, 5.41) is 11.4. The molecule has 154 valence electrons. The lowest BCUT2D eigenvalue weighted by Gasteiger charge is -2.57. The fourth-order valence-electron chi connectivity index (χ4n) is 5.63. The minimum atomic E-state index is -0.485. The molecule has 0 unspecified atom stereocenters. The van der Waals surface area contributed by atoms with E-state index in [1.54, 1.807) is 18.2 Å². The first-order valence-electron chi connectivity index (χ1n) is 10.2. The summed E-state index contributed by atoms with van der Waals surface area (Å²) in [5.74, 6) is 0.561. The van der Waals surface area contributed by atoms with Crippen molar-refractivity contribution in [2.24, 2.45) is 22.7 Å². The predicted molar refractivity (Wildman–Crippen MR) is 111 cm³/mol. The van der Waals surface area contributed by atoms with Crippen LogP contribution in [0.3, 0.4) is 0 Å². The van der Waals surface area contributed by atoms with Crippen LogP contribution in [-0.2, 0) is 4.79 Å². The van der Waals surface area contributed by atoms with Gasteiger partial charge in [-0.25, -0.2) is 4.79 Å². The lowest BCUT2D eigenvalue weighted by atomic mass is 9.47. The summed E-state index contributed by atoms with van der Waals surface area (Å²) in [5.41, 5.74) is 0.367. The Labute approximate surface area is 170 Å². The quantitative estimate of drug-likeness (QED) is 0.790. The third kappa shape index (κ3) is 3.21. The van der Waals surface area contributed by atoms with Gasteiger partial charge in [0, 0.05) is 34.8 Å². The van der Waals surface area contributed by atoms with Gasteiger partial charge in [-0.15, -0.1) is 0 Å². The first-order chi connectivity index (χ1) is 13.6. The maximum atomic E-state index is 12.9. The SMILES string of the molecule is CC1=CC(=O)[C@@H]2C(C)(C)[C@@H](O)CC[C@@]2(C)[C@@H]1COc1ccc2ccc(=O)oc2c1. The van der Waals surface area contributed by atoms with Crippen LogP contribution < -0.4 is 10.4 Å². The van der Waals surface area contributed by atoms with Crippen molar-refractivity contribution in [3.05, 3.63) is 52.4 Å². The maximum absolute atomic E-state index is 12.9. The van der Waals surface area contributed by atoms with Crippen LogP contribution in [-0.4, -0.2) is 23.6 Å². The van der Waals surface area contributed by atoms with Gasteiger partial charge in [-0.05, 0) is 49.5 Å². The number of benzene rings is 1. The summed E-state index contributed by atoms with van der Waals surface area (Å²) in [4.78, 5) is 24.4. The fourth-order valence-corrected chi connectivity index (χ4v) is 5.63. The van der Waals surface area contributed by atoms with Crippen molar-refractivity contribution >= 4 is 16.8 Å². The molecule has 0 aliphatic heterocycles. The molecule has 2 aromatic rings. The highest BCUT2D eigenvalue weighted by Gasteiger charge is 2.58. The molecule has 0 bridgehead atoms. The van der Waals surface area contributed by atoms with E-state index in [4.69, 9.17) is 9.15 Å². The molecule has 29 heavy (non-hydrogen) atoms. The van der Waals surface area contributed by atoms with Crippen LogP contribution in [0.15, 0.2) is 51.2 Å². The zero-order valence-electron chi connectivity index (χ0n) is 17.4. The highest BCUT2D eigenvalue weighted by molar-refractivity contribution is 5.95. The molecule has 2 aliphatic carbocycles. The lowest BCUT2D eigenvalue weighted by molar-refractivity contribution is -0.152. The van der Waals surface area contributed by atoms with Crippen molar-refractivity contribution in [3.8, 4) is 5.75 Å². The Bertz CT molecular complexity index is 1050. The van der Waals surface area contributed by atoms with E-state index in [1.165, 1.54) is 6.07 Å². The molecule has 1 N–H and O–H groups in total. The van der Waals surface area contributed by atoms with Crippen LogP contribution in [0.5, 0.6) is 5.75 Å². The first-order valence-corrected chi connectivity index (χ1v) is 10.2. The van der Waals surface area contributed by atoms with Gasteiger partial charge < -0.3 is 14.3 Å². The Morgan fingerprint density at radius 2 is 1.90 bits per heavy atom. The lowest BCUT2D eigenvalue weighted by Crippen LogP contribution is -2.58. The minimum absolute atomic E-state index is 0.0652. The third-order valence-electron chi connectivity index (χ3n) is 7.23. The van der Waals surface area contributed by atoms with Crippen molar-refractivity contribution in [1.82, 2.24) is 0 Å². The summed E-state index contributed by atoms with van der Waals surface area (Å²) in [7, 11) is 0. The number of ether oxygens (including phenoxy) is 1. The molecule has 1 fully saturated rings. The number of aliphatic hydroxyl groups excluding tert-OH is 1. The summed E-state index contributed by atoms with van der Waals surface area (Å²) >= 11 is 0. The number of allylic oxidation sites excluding steroid dienone is 1. The van der Waals surface area contributed by atoms with Crippen molar-refractivity contribution in [3.63, 3.8) is 0 Å². The van der Waals surface area contributed by atoms with E-state index in [-0.39, 0.29) is 23.0 Å². The van der Waals surface area contributed by atoms with E-state index in [2.05, 4.69) is 6.92 Å². The van der Waals surface area contributed by atoms with Crippen LogP contribution in [0.1, 0.15) is 40.5 Å². The van der Waals surface area contributed by atoms with Crippen LogP contribution in [0.4, 0.5) is 0 Å². The summed E-state index contributed by atoms with van der Waals surface area (Å²) in [6.45, 7) is 8.57. The monoisotopic (exact) mass is 396 g/mol. The van der Waals surface area contributed by atoms with E-state index < -0.39 is 17.1 Å². The van der Waals surface area contributed by atoms with Gasteiger partial charge in [0.05, 0.1) is 12.7 Å². The molecule has 0 radical (unpaired) electrons. The summed E-state index contributed by atoms with van der Waals surface area (Å²) < 4.78 is 11.4. The van der Waals surface area contributed by atoms with E-state index in [0.29, 0.717) is 24.4 Å². The van der Waals surface area contributed by atoms with Crippen LogP contribution in [0, 0.1) is 22.7 Å². The van der Waals surface area contributed by atoms with Gasteiger partial charge in [-0.3, -0.25) is 4.79 Å². The first kappa shape index (κ1) is 19.9. The van der Waals surface area contributed by atoms with E-state index in [0.717, 1.165) is 17.4 Å². The molecule has 0 amide bonds. The molecule has 1 heterocycles. The average Bonchev–Trinajstić information content (AvgIpc) is 2.64. The second-order valence-electron chi connectivity index (χ2n) is 9.42. The van der Waals surface area contributed by atoms with Crippen molar-refractivity contribution in [2.75, 3.05) is 6.61 Å². The number of rotatable bonds is 3. The normalized spacial score (nSPS) is 31.3. The molecule has 2 aliphatic rings. The van der Waals surface area contributed by atoms with Gasteiger partial charge in [-0.2, -0.15) is 0 Å². The number of aliphatic hydroxyl groups is 1. The Morgan fingerprint density at radius 1 is 1.17 bits per heavy atom. The maximum Gasteiger partial charge on any atom is 0.336 e. The van der Waals surface area contributed by atoms with Gasteiger partial charge in [0.15, 0.2) is 5.78 Å². The summed E-state index contributed by atoms with van der Waals surface area (Å²) in [6.07, 6.45) is 2.71. The molecular weight excluding hydrogens is 368 g/mol. The average molecular weight is 396 g/mol. The van der Waals surface area contributed by atoms with E-state index in [1.807, 2.05) is 32.9 Å². The van der Waals surface area contributed by atoms with Crippen molar-refractivity contribution in [2.45, 2.75) is 46.6 Å². The molecule has 5 nitrogen and oxygen atoms in total. The molecule has 4 rings (SSSR count).